The van der Waals surface area contributed by atoms with E-state index in [1.54, 1.807) is 0 Å². The standard InChI is InChI=1S/3CHNS.Dy/c3*2-1-3;/h3*3H;/q;;;+3/p-3. The van der Waals surface area contributed by atoms with Gasteiger partial charge < -0.3 is 37.9 Å². The van der Waals surface area contributed by atoms with Crippen molar-refractivity contribution in [2.24, 2.45) is 0 Å². The van der Waals surface area contributed by atoms with Gasteiger partial charge in [-0.1, -0.05) is 16.2 Å². The molecule has 0 fully saturated rings. The number of hydrogen-bond donors (Lipinski definition) is 0. The number of nitrogens with zero attached hydrogens (tertiary/aromatic N) is 3. The Bertz CT molecular complexity index is 112. The summed E-state index contributed by atoms with van der Waals surface area (Å²) in [5, 5.41) is 25.4. The van der Waals surface area contributed by atoms with Crippen LogP contribution < -0.4 is 0 Å². The van der Waals surface area contributed by atoms with Crippen LogP contribution in [0.2, 0.25) is 0 Å². The number of nitriles is 3. The Labute approximate surface area is 107 Å². The molecule has 0 aromatic heterocycles. The van der Waals surface area contributed by atoms with Gasteiger partial charge in [0.2, 0.25) is 0 Å². The molecule has 0 amide bonds. The largest absolute Gasteiger partial charge is 3.00 e. The van der Waals surface area contributed by atoms with E-state index < -0.39 is 0 Å². The first-order chi connectivity index (χ1) is 4.24. The van der Waals surface area contributed by atoms with Crippen LogP contribution in [0, 0.1) is 70.2 Å². The minimum Gasteiger partial charge on any atom is -0.696 e. The molecule has 0 aliphatic heterocycles. The summed E-state index contributed by atoms with van der Waals surface area (Å²) in [5.74, 6) is 0. The molecule has 1 radical (unpaired) electrons. The normalized spacial score (nSPS) is 2.10. The molecule has 0 N–H and O–H groups in total. The number of thiocyanates is 3. The zero-order valence-electron chi connectivity index (χ0n) is 4.38. The molecule has 0 heterocycles. The van der Waals surface area contributed by atoms with Crippen LogP contribution in [0.5, 0.6) is 0 Å². The first-order valence-corrected chi connectivity index (χ1v) is 2.51. The SMILES string of the molecule is N#C[S-].N#C[S-].N#C[S-].[Dy+3]. The van der Waals surface area contributed by atoms with E-state index in [1.807, 2.05) is 0 Å². The summed E-state index contributed by atoms with van der Waals surface area (Å²) in [4.78, 5) is 0. The zero-order chi connectivity index (χ0) is 8.12. The quantitative estimate of drug-likeness (QED) is 0.459. The third-order valence-electron chi connectivity index (χ3n) is 0. The van der Waals surface area contributed by atoms with Crippen LogP contribution in [0.4, 0.5) is 0 Å². The van der Waals surface area contributed by atoms with Crippen molar-refractivity contribution in [2.75, 3.05) is 0 Å². The van der Waals surface area contributed by atoms with Crippen LogP contribution in [0.15, 0.2) is 0 Å². The van der Waals surface area contributed by atoms with Crippen LogP contribution in [-0.4, -0.2) is 0 Å². The first kappa shape index (κ1) is 22.4. The maximum absolute atomic E-state index is 7.13. The minimum absolute atomic E-state index is 0. The molecule has 0 rings (SSSR count). The van der Waals surface area contributed by atoms with Crippen LogP contribution in [0.1, 0.15) is 0 Å². The van der Waals surface area contributed by atoms with Crippen molar-refractivity contribution in [2.45, 2.75) is 0 Å². The van der Waals surface area contributed by atoms with E-state index >= 15 is 0 Å². The van der Waals surface area contributed by atoms with Gasteiger partial charge in [0, 0.05) is 0 Å². The molecule has 55 valence electrons. The summed E-state index contributed by atoms with van der Waals surface area (Å²) >= 11 is 11.1. The minimum atomic E-state index is 0. The predicted octanol–water partition coefficient (Wildman–Crippen LogP) is 0.0431. The molecule has 0 spiro atoms. The predicted molar refractivity (Wildman–Crippen MR) is 38.9 cm³/mol. The van der Waals surface area contributed by atoms with Crippen molar-refractivity contribution in [3.05, 3.63) is 0 Å². The summed E-state index contributed by atoms with van der Waals surface area (Å²) in [6.07, 6.45) is 0. The van der Waals surface area contributed by atoms with Crippen LogP contribution in [0.25, 0.3) is 0 Å². The van der Waals surface area contributed by atoms with Crippen molar-refractivity contribution >= 4 is 37.9 Å². The third-order valence-corrected chi connectivity index (χ3v) is 0. The number of rotatable bonds is 0. The van der Waals surface area contributed by atoms with Gasteiger partial charge in [0.1, 0.15) is 0 Å². The van der Waals surface area contributed by atoms with E-state index in [4.69, 9.17) is 15.8 Å². The molecule has 3 nitrogen and oxygen atoms in total. The van der Waals surface area contributed by atoms with Crippen molar-refractivity contribution in [1.82, 2.24) is 0 Å². The van der Waals surface area contributed by atoms with Gasteiger partial charge in [-0.15, -0.1) is 0 Å². The molecule has 0 aliphatic rings. The van der Waals surface area contributed by atoms with Crippen LogP contribution in [-0.2, 0) is 37.9 Å². The molecule has 0 aliphatic carbocycles. The zero-order valence-corrected chi connectivity index (χ0v) is 8.86. The summed E-state index contributed by atoms with van der Waals surface area (Å²) < 4.78 is 0. The Morgan fingerprint density at radius 3 is 0.700 bits per heavy atom. The Hall–Kier alpha value is 0.403. The maximum Gasteiger partial charge on any atom is 3.00 e. The molecule has 0 saturated heterocycles. The Morgan fingerprint density at radius 1 is 0.700 bits per heavy atom. The topological polar surface area (TPSA) is 71.4 Å². The summed E-state index contributed by atoms with van der Waals surface area (Å²) in [6.45, 7) is 0. The smallest absolute Gasteiger partial charge is 0.696 e. The van der Waals surface area contributed by atoms with Crippen LogP contribution >= 0.6 is 0 Å². The molecule has 0 saturated carbocycles. The maximum atomic E-state index is 7.13. The Kier molecular flexibility index (Phi) is 129. The van der Waals surface area contributed by atoms with E-state index in [-0.39, 0.29) is 38.2 Å². The fourth-order valence-electron chi connectivity index (χ4n) is 0. The molecule has 10 heavy (non-hydrogen) atoms. The van der Waals surface area contributed by atoms with Crippen molar-refractivity contribution in [3.8, 4) is 16.2 Å². The second-order valence-electron chi connectivity index (χ2n) is 0.274. The third kappa shape index (κ3) is 2840. The average molecular weight is 337 g/mol. The molecule has 7 heteroatoms. The molecule has 0 unspecified atom stereocenters. The van der Waals surface area contributed by atoms with Gasteiger partial charge in [-0.3, -0.25) is 0 Å². The van der Waals surface area contributed by atoms with E-state index in [1.165, 1.54) is 16.2 Å². The average Bonchev–Trinajstić information content (AvgIpc) is 1.70. The van der Waals surface area contributed by atoms with Gasteiger partial charge in [0.25, 0.3) is 0 Å². The molecular weight excluding hydrogens is 337 g/mol. The molecule has 0 bridgehead atoms. The fraction of sp³-hybridized carbons (Fsp3) is 0. The van der Waals surface area contributed by atoms with Gasteiger partial charge in [-0.25, -0.2) is 15.8 Å². The van der Waals surface area contributed by atoms with Gasteiger partial charge >= 0.3 is 38.2 Å². The summed E-state index contributed by atoms with van der Waals surface area (Å²) in [5.41, 5.74) is 0. The number of hydrogen-bond acceptors (Lipinski definition) is 6. The van der Waals surface area contributed by atoms with Gasteiger partial charge in [0.05, 0.1) is 0 Å². The van der Waals surface area contributed by atoms with Gasteiger partial charge in [0.15, 0.2) is 0 Å². The first-order valence-electron chi connectivity index (χ1n) is 1.28. The van der Waals surface area contributed by atoms with Crippen molar-refractivity contribution < 1.29 is 38.2 Å². The fourth-order valence-corrected chi connectivity index (χ4v) is 0. The Morgan fingerprint density at radius 2 is 0.700 bits per heavy atom. The molecule has 0 atom stereocenters. The Balaban J connectivity index is -0.0000000257. The second kappa shape index (κ2) is 57.3. The molecular formula is C3DyN3S3. The van der Waals surface area contributed by atoms with E-state index in [2.05, 4.69) is 37.9 Å². The van der Waals surface area contributed by atoms with Crippen molar-refractivity contribution in [3.63, 3.8) is 0 Å². The monoisotopic (exact) mass is 338 g/mol. The van der Waals surface area contributed by atoms with E-state index in [9.17, 15) is 0 Å². The van der Waals surface area contributed by atoms with E-state index in [0.29, 0.717) is 0 Å². The van der Waals surface area contributed by atoms with Gasteiger partial charge in [-0.2, -0.15) is 0 Å². The summed E-state index contributed by atoms with van der Waals surface area (Å²) in [7, 11) is 0. The van der Waals surface area contributed by atoms with Gasteiger partial charge in [-0.05, 0) is 0 Å². The summed E-state index contributed by atoms with van der Waals surface area (Å²) in [6, 6.07) is 0. The molecule has 0 aromatic rings. The van der Waals surface area contributed by atoms with Crippen LogP contribution in [0.3, 0.4) is 0 Å². The van der Waals surface area contributed by atoms with Crippen molar-refractivity contribution in [1.29, 1.82) is 15.8 Å². The second-order valence-corrected chi connectivity index (χ2v) is 0.822. The molecule has 0 aromatic carbocycles. The van der Waals surface area contributed by atoms with E-state index in [0.717, 1.165) is 0 Å².